The molecule has 0 radical (unpaired) electrons. The van der Waals surface area contributed by atoms with Gasteiger partial charge in [-0.15, -0.1) is 10.2 Å². The summed E-state index contributed by atoms with van der Waals surface area (Å²) < 4.78 is 1.88. The van der Waals surface area contributed by atoms with Gasteiger partial charge in [0, 0.05) is 24.7 Å². The molecule has 0 spiro atoms. The Kier molecular flexibility index (Phi) is 5.03. The molecule has 1 aromatic carbocycles. The molecule has 0 aliphatic rings. The van der Waals surface area contributed by atoms with Crippen LogP contribution in [0.1, 0.15) is 23.1 Å². The van der Waals surface area contributed by atoms with Gasteiger partial charge in [-0.05, 0) is 31.2 Å². The quantitative estimate of drug-likeness (QED) is 0.707. The molecule has 0 saturated heterocycles. The van der Waals surface area contributed by atoms with E-state index in [2.05, 4.69) is 20.8 Å². The molecule has 128 valence electrons. The minimum absolute atomic E-state index is 0.238. The number of hydrogen-bond acceptors (Lipinski definition) is 4. The first-order chi connectivity index (χ1) is 12.1. The third kappa shape index (κ3) is 4.00. The highest BCUT2D eigenvalue weighted by atomic mass is 16.2. The van der Waals surface area contributed by atoms with E-state index in [4.69, 9.17) is 0 Å². The van der Waals surface area contributed by atoms with Gasteiger partial charge in [-0.2, -0.15) is 0 Å². The fourth-order valence-electron chi connectivity index (χ4n) is 2.45. The minimum Gasteiger partial charge on any atom is -0.354 e. The van der Waals surface area contributed by atoms with E-state index in [1.165, 1.54) is 0 Å². The number of carbonyl (C=O) groups is 2. The van der Waals surface area contributed by atoms with Crippen LogP contribution in [0.5, 0.6) is 0 Å². The third-order valence-electron chi connectivity index (χ3n) is 3.81. The molecule has 2 aromatic heterocycles. The number of rotatable bonds is 6. The third-order valence-corrected chi connectivity index (χ3v) is 3.81. The monoisotopic (exact) mass is 337 g/mol. The Morgan fingerprint density at radius 3 is 2.64 bits per heavy atom. The molecular formula is C18H19N5O2. The van der Waals surface area contributed by atoms with Crippen molar-refractivity contribution < 1.29 is 9.59 Å². The van der Waals surface area contributed by atoms with Gasteiger partial charge in [0.15, 0.2) is 5.65 Å². The van der Waals surface area contributed by atoms with Crippen molar-refractivity contribution in [2.24, 2.45) is 0 Å². The highest BCUT2D eigenvalue weighted by Crippen LogP contribution is 2.03. The molecular weight excluding hydrogens is 318 g/mol. The van der Waals surface area contributed by atoms with Crippen LogP contribution in [-0.2, 0) is 11.2 Å². The van der Waals surface area contributed by atoms with Crippen molar-refractivity contribution in [3.63, 3.8) is 0 Å². The number of hydrogen-bond donors (Lipinski definition) is 2. The van der Waals surface area contributed by atoms with E-state index in [-0.39, 0.29) is 11.8 Å². The number of nitrogens with zero attached hydrogens (tertiary/aromatic N) is 3. The van der Waals surface area contributed by atoms with Crippen molar-refractivity contribution >= 4 is 17.5 Å². The Morgan fingerprint density at radius 2 is 1.84 bits per heavy atom. The summed E-state index contributed by atoms with van der Waals surface area (Å²) in [6, 6.07) is 13.9. The number of nitrogens with one attached hydrogen (secondary N) is 2. The van der Waals surface area contributed by atoms with Crippen LogP contribution < -0.4 is 10.6 Å². The molecule has 1 atom stereocenters. The zero-order valence-electron chi connectivity index (χ0n) is 13.8. The van der Waals surface area contributed by atoms with Gasteiger partial charge in [0.25, 0.3) is 5.91 Å². The first-order valence-corrected chi connectivity index (χ1v) is 8.07. The number of aromatic nitrogens is 3. The summed E-state index contributed by atoms with van der Waals surface area (Å²) >= 11 is 0. The van der Waals surface area contributed by atoms with Crippen LogP contribution in [0.2, 0.25) is 0 Å². The molecule has 0 aliphatic carbocycles. The normalized spacial score (nSPS) is 11.9. The maximum atomic E-state index is 12.1. The van der Waals surface area contributed by atoms with Crippen LogP contribution in [-0.4, -0.2) is 39.0 Å². The highest BCUT2D eigenvalue weighted by molar-refractivity contribution is 5.97. The molecule has 3 rings (SSSR count). The van der Waals surface area contributed by atoms with Gasteiger partial charge in [0.05, 0.1) is 0 Å². The minimum atomic E-state index is -0.622. The van der Waals surface area contributed by atoms with Gasteiger partial charge in [0.1, 0.15) is 11.9 Å². The predicted molar refractivity (Wildman–Crippen MR) is 93.1 cm³/mol. The molecule has 0 aliphatic heterocycles. The van der Waals surface area contributed by atoms with Crippen LogP contribution in [0, 0.1) is 0 Å². The summed E-state index contributed by atoms with van der Waals surface area (Å²) in [7, 11) is 0. The lowest BCUT2D eigenvalue weighted by atomic mass is 10.2. The van der Waals surface area contributed by atoms with Crippen LogP contribution in [0.15, 0.2) is 54.7 Å². The molecule has 1 unspecified atom stereocenters. The lowest BCUT2D eigenvalue weighted by Gasteiger charge is -2.14. The maximum Gasteiger partial charge on any atom is 0.251 e. The number of benzene rings is 1. The second-order valence-electron chi connectivity index (χ2n) is 5.65. The average Bonchev–Trinajstić information content (AvgIpc) is 3.05. The molecule has 2 N–H and O–H groups in total. The van der Waals surface area contributed by atoms with Crippen molar-refractivity contribution in [1.82, 2.24) is 25.2 Å². The molecule has 0 bridgehead atoms. The molecule has 3 aromatic rings. The SMILES string of the molecule is CC(NC(=O)c1ccccc1)C(=O)NCCc1nnc2ccccn12. The second-order valence-corrected chi connectivity index (χ2v) is 5.65. The van der Waals surface area contributed by atoms with Crippen molar-refractivity contribution in [2.45, 2.75) is 19.4 Å². The Bertz CT molecular complexity index is 875. The first-order valence-electron chi connectivity index (χ1n) is 8.07. The number of pyridine rings is 1. The average molecular weight is 337 g/mol. The first kappa shape index (κ1) is 16.6. The van der Waals surface area contributed by atoms with E-state index < -0.39 is 6.04 Å². The number of fused-ring (bicyclic) bond motifs is 1. The topological polar surface area (TPSA) is 88.4 Å². The van der Waals surface area contributed by atoms with Gasteiger partial charge in [-0.25, -0.2) is 0 Å². The fourth-order valence-corrected chi connectivity index (χ4v) is 2.45. The lowest BCUT2D eigenvalue weighted by Crippen LogP contribution is -2.45. The molecule has 25 heavy (non-hydrogen) atoms. The van der Waals surface area contributed by atoms with Gasteiger partial charge in [-0.1, -0.05) is 24.3 Å². The Labute approximate surface area is 145 Å². The summed E-state index contributed by atoms with van der Waals surface area (Å²) in [5.41, 5.74) is 1.30. The lowest BCUT2D eigenvalue weighted by molar-refractivity contribution is -0.122. The van der Waals surface area contributed by atoms with Gasteiger partial charge >= 0.3 is 0 Å². The van der Waals surface area contributed by atoms with Crippen LogP contribution in [0.25, 0.3) is 5.65 Å². The molecule has 0 saturated carbocycles. The Hall–Kier alpha value is -3.22. The highest BCUT2D eigenvalue weighted by Gasteiger charge is 2.16. The van der Waals surface area contributed by atoms with E-state index in [1.807, 2.05) is 34.9 Å². The summed E-state index contributed by atoms with van der Waals surface area (Å²) in [6.45, 7) is 2.07. The summed E-state index contributed by atoms with van der Waals surface area (Å²) in [5.74, 6) is 0.265. The summed E-state index contributed by atoms with van der Waals surface area (Å²) in [6.07, 6.45) is 2.44. The van der Waals surface area contributed by atoms with Crippen LogP contribution in [0.4, 0.5) is 0 Å². The standard InChI is InChI=1S/C18H19N5O2/c1-13(20-18(25)14-7-3-2-4-8-14)17(24)19-11-10-16-22-21-15-9-5-6-12-23(15)16/h2-9,12-13H,10-11H2,1H3,(H,19,24)(H,20,25). The Morgan fingerprint density at radius 1 is 1.08 bits per heavy atom. The van der Waals surface area contributed by atoms with Gasteiger partial charge < -0.3 is 10.6 Å². The Balaban J connectivity index is 1.49. The molecule has 7 heteroatoms. The molecule has 7 nitrogen and oxygen atoms in total. The van der Waals surface area contributed by atoms with E-state index in [9.17, 15) is 9.59 Å². The molecule has 2 heterocycles. The van der Waals surface area contributed by atoms with Crippen LogP contribution in [0.3, 0.4) is 0 Å². The van der Waals surface area contributed by atoms with Crippen molar-refractivity contribution in [3.05, 3.63) is 66.1 Å². The van der Waals surface area contributed by atoms with Gasteiger partial charge in [0.2, 0.25) is 5.91 Å². The summed E-state index contributed by atoms with van der Waals surface area (Å²) in [4.78, 5) is 24.2. The summed E-state index contributed by atoms with van der Waals surface area (Å²) in [5, 5.41) is 13.7. The zero-order chi connectivity index (χ0) is 17.6. The molecule has 0 fully saturated rings. The largest absolute Gasteiger partial charge is 0.354 e. The second kappa shape index (κ2) is 7.57. The van der Waals surface area contributed by atoms with Crippen molar-refractivity contribution in [1.29, 1.82) is 0 Å². The van der Waals surface area contributed by atoms with E-state index in [0.29, 0.717) is 18.5 Å². The van der Waals surface area contributed by atoms with Crippen LogP contribution >= 0.6 is 0 Å². The maximum absolute atomic E-state index is 12.1. The smallest absolute Gasteiger partial charge is 0.251 e. The number of carbonyl (C=O) groups excluding carboxylic acids is 2. The van der Waals surface area contributed by atoms with Crippen molar-refractivity contribution in [3.8, 4) is 0 Å². The van der Waals surface area contributed by atoms with E-state index in [1.54, 1.807) is 31.2 Å². The zero-order valence-corrected chi connectivity index (χ0v) is 13.8. The van der Waals surface area contributed by atoms with Crippen molar-refractivity contribution in [2.75, 3.05) is 6.54 Å². The van der Waals surface area contributed by atoms with E-state index >= 15 is 0 Å². The fraction of sp³-hybridized carbons (Fsp3) is 0.222. The van der Waals surface area contributed by atoms with E-state index in [0.717, 1.165) is 11.5 Å². The molecule has 2 amide bonds. The predicted octanol–water partition coefficient (Wildman–Crippen LogP) is 1.21. The van der Waals surface area contributed by atoms with Gasteiger partial charge in [-0.3, -0.25) is 14.0 Å². The number of amides is 2.